The van der Waals surface area contributed by atoms with Crippen LogP contribution in [-0.4, -0.2) is 49.3 Å². The fraction of sp³-hybridized carbons (Fsp3) is 0.900. The Morgan fingerprint density at radius 1 is 1.50 bits per heavy atom. The molecule has 4 heteroatoms. The van der Waals surface area contributed by atoms with E-state index in [1.165, 1.54) is 0 Å². The molecule has 4 nitrogen and oxygen atoms in total. The summed E-state index contributed by atoms with van der Waals surface area (Å²) in [5.74, 6) is -0.625. The SMILES string of the molecule is COCCCN(C)C(C(=O)O)C(C)C. The lowest BCUT2D eigenvalue weighted by atomic mass is 10.0. The van der Waals surface area contributed by atoms with Crippen LogP contribution < -0.4 is 0 Å². The van der Waals surface area contributed by atoms with Gasteiger partial charge in [-0.2, -0.15) is 0 Å². The Bertz CT molecular complexity index is 171. The minimum absolute atomic E-state index is 0.125. The van der Waals surface area contributed by atoms with Crippen LogP contribution in [0.5, 0.6) is 0 Å². The molecule has 0 saturated heterocycles. The Labute approximate surface area is 85.9 Å². The van der Waals surface area contributed by atoms with Gasteiger partial charge in [-0.3, -0.25) is 9.69 Å². The normalized spacial score (nSPS) is 13.6. The van der Waals surface area contributed by atoms with Crippen LogP contribution in [-0.2, 0) is 9.53 Å². The summed E-state index contributed by atoms with van der Waals surface area (Å²) in [4.78, 5) is 12.8. The van der Waals surface area contributed by atoms with E-state index in [4.69, 9.17) is 9.84 Å². The van der Waals surface area contributed by atoms with Gasteiger partial charge in [-0.1, -0.05) is 13.8 Å². The van der Waals surface area contributed by atoms with Crippen molar-refractivity contribution in [2.45, 2.75) is 26.3 Å². The van der Waals surface area contributed by atoms with Crippen LogP contribution in [0.15, 0.2) is 0 Å². The Morgan fingerprint density at radius 3 is 2.43 bits per heavy atom. The molecular formula is C10H21NO3. The second-order valence-corrected chi connectivity index (χ2v) is 3.85. The van der Waals surface area contributed by atoms with E-state index in [9.17, 15) is 4.79 Å². The first-order valence-corrected chi connectivity index (χ1v) is 4.92. The van der Waals surface area contributed by atoms with Crippen LogP contribution in [0.2, 0.25) is 0 Å². The van der Waals surface area contributed by atoms with Crippen molar-refractivity contribution in [1.29, 1.82) is 0 Å². The van der Waals surface area contributed by atoms with E-state index in [0.717, 1.165) is 13.0 Å². The number of likely N-dealkylation sites (N-methyl/N-ethyl adjacent to an activating group) is 1. The molecule has 0 spiro atoms. The summed E-state index contributed by atoms with van der Waals surface area (Å²) in [7, 11) is 3.49. The lowest BCUT2D eigenvalue weighted by Gasteiger charge is -2.27. The van der Waals surface area contributed by atoms with Crippen molar-refractivity contribution >= 4 is 5.97 Å². The Hall–Kier alpha value is -0.610. The monoisotopic (exact) mass is 203 g/mol. The molecule has 1 unspecified atom stereocenters. The molecule has 0 aromatic rings. The van der Waals surface area contributed by atoms with Crippen LogP contribution in [0.3, 0.4) is 0 Å². The maximum atomic E-state index is 10.9. The van der Waals surface area contributed by atoms with E-state index < -0.39 is 12.0 Å². The number of carboxylic acid groups (broad SMARTS) is 1. The van der Waals surface area contributed by atoms with Crippen molar-refractivity contribution in [3.8, 4) is 0 Å². The quantitative estimate of drug-likeness (QED) is 0.629. The largest absolute Gasteiger partial charge is 0.480 e. The molecule has 1 atom stereocenters. The molecule has 14 heavy (non-hydrogen) atoms. The van der Waals surface area contributed by atoms with E-state index in [0.29, 0.717) is 6.61 Å². The van der Waals surface area contributed by atoms with Crippen LogP contribution >= 0.6 is 0 Å². The van der Waals surface area contributed by atoms with Gasteiger partial charge in [-0.05, 0) is 19.4 Å². The molecule has 0 bridgehead atoms. The maximum Gasteiger partial charge on any atom is 0.321 e. The third-order valence-electron chi connectivity index (χ3n) is 2.22. The van der Waals surface area contributed by atoms with Gasteiger partial charge in [0.05, 0.1) is 0 Å². The van der Waals surface area contributed by atoms with Crippen molar-refractivity contribution in [1.82, 2.24) is 4.90 Å². The highest BCUT2D eigenvalue weighted by Crippen LogP contribution is 2.09. The number of nitrogens with zero attached hydrogens (tertiary/aromatic N) is 1. The minimum Gasteiger partial charge on any atom is -0.480 e. The number of hydrogen-bond acceptors (Lipinski definition) is 3. The highest BCUT2D eigenvalue weighted by atomic mass is 16.5. The van der Waals surface area contributed by atoms with Gasteiger partial charge in [0.2, 0.25) is 0 Å². The minimum atomic E-state index is -0.750. The summed E-state index contributed by atoms with van der Waals surface area (Å²) in [6.45, 7) is 5.27. The van der Waals surface area contributed by atoms with Gasteiger partial charge in [0.1, 0.15) is 6.04 Å². The smallest absolute Gasteiger partial charge is 0.321 e. The molecule has 0 aliphatic carbocycles. The van der Waals surface area contributed by atoms with E-state index in [-0.39, 0.29) is 5.92 Å². The van der Waals surface area contributed by atoms with Crippen molar-refractivity contribution in [2.75, 3.05) is 27.3 Å². The van der Waals surface area contributed by atoms with Gasteiger partial charge >= 0.3 is 5.97 Å². The molecule has 84 valence electrons. The second-order valence-electron chi connectivity index (χ2n) is 3.85. The molecule has 0 aliphatic rings. The first kappa shape index (κ1) is 13.4. The molecule has 0 aliphatic heterocycles. The lowest BCUT2D eigenvalue weighted by Crippen LogP contribution is -2.42. The summed E-state index contributed by atoms with van der Waals surface area (Å²) in [6, 6.07) is -0.396. The van der Waals surface area contributed by atoms with Crippen molar-refractivity contribution in [3.05, 3.63) is 0 Å². The second kappa shape index (κ2) is 6.79. The highest BCUT2D eigenvalue weighted by molar-refractivity contribution is 5.73. The summed E-state index contributed by atoms with van der Waals surface area (Å²) in [5, 5.41) is 9.00. The number of carboxylic acids is 1. The fourth-order valence-corrected chi connectivity index (χ4v) is 1.58. The maximum absolute atomic E-state index is 10.9. The molecule has 0 rings (SSSR count). The fourth-order valence-electron chi connectivity index (χ4n) is 1.58. The molecule has 0 amide bonds. The number of aliphatic carboxylic acids is 1. The lowest BCUT2D eigenvalue weighted by molar-refractivity contribution is -0.144. The van der Waals surface area contributed by atoms with Gasteiger partial charge in [0, 0.05) is 20.3 Å². The van der Waals surface area contributed by atoms with Gasteiger partial charge < -0.3 is 9.84 Å². The van der Waals surface area contributed by atoms with Crippen molar-refractivity contribution < 1.29 is 14.6 Å². The topological polar surface area (TPSA) is 49.8 Å². The molecule has 0 aromatic carbocycles. The molecule has 0 heterocycles. The molecule has 0 radical (unpaired) electrons. The molecule has 0 fully saturated rings. The average Bonchev–Trinajstić information content (AvgIpc) is 2.03. The van der Waals surface area contributed by atoms with Crippen LogP contribution in [0.4, 0.5) is 0 Å². The third kappa shape index (κ3) is 4.58. The number of ether oxygens (including phenoxy) is 1. The molecular weight excluding hydrogens is 182 g/mol. The van der Waals surface area contributed by atoms with Gasteiger partial charge in [-0.25, -0.2) is 0 Å². The average molecular weight is 203 g/mol. The summed E-state index contributed by atoms with van der Waals surface area (Å²) in [5.41, 5.74) is 0. The Balaban J connectivity index is 4.02. The third-order valence-corrected chi connectivity index (χ3v) is 2.22. The van der Waals surface area contributed by atoms with Crippen LogP contribution in [0.1, 0.15) is 20.3 Å². The molecule has 1 N–H and O–H groups in total. The summed E-state index contributed by atoms with van der Waals surface area (Å²) >= 11 is 0. The van der Waals surface area contributed by atoms with E-state index in [2.05, 4.69) is 0 Å². The first-order valence-electron chi connectivity index (χ1n) is 4.92. The van der Waals surface area contributed by atoms with E-state index >= 15 is 0 Å². The predicted octanol–water partition coefficient (Wildman–Crippen LogP) is 1.06. The summed E-state index contributed by atoms with van der Waals surface area (Å²) < 4.78 is 4.92. The number of methoxy groups -OCH3 is 1. The van der Waals surface area contributed by atoms with Crippen molar-refractivity contribution in [3.63, 3.8) is 0 Å². The van der Waals surface area contributed by atoms with Gasteiger partial charge in [-0.15, -0.1) is 0 Å². The van der Waals surface area contributed by atoms with E-state index in [1.54, 1.807) is 7.11 Å². The molecule has 0 saturated carbocycles. The van der Waals surface area contributed by atoms with E-state index in [1.807, 2.05) is 25.8 Å². The van der Waals surface area contributed by atoms with Crippen LogP contribution in [0, 0.1) is 5.92 Å². The zero-order valence-electron chi connectivity index (χ0n) is 9.49. The predicted molar refractivity (Wildman–Crippen MR) is 55.4 cm³/mol. The first-order chi connectivity index (χ1) is 6.50. The zero-order chi connectivity index (χ0) is 11.1. The number of carbonyl (C=O) groups is 1. The van der Waals surface area contributed by atoms with Crippen molar-refractivity contribution in [2.24, 2.45) is 5.92 Å². The Kier molecular flexibility index (Phi) is 6.49. The summed E-state index contributed by atoms with van der Waals surface area (Å²) in [6.07, 6.45) is 0.865. The van der Waals surface area contributed by atoms with Gasteiger partial charge in [0.15, 0.2) is 0 Å². The molecule has 0 aromatic heterocycles. The van der Waals surface area contributed by atoms with Crippen LogP contribution in [0.25, 0.3) is 0 Å². The standard InChI is InChI=1S/C10H21NO3/c1-8(2)9(10(12)13)11(3)6-5-7-14-4/h8-9H,5-7H2,1-4H3,(H,12,13). The zero-order valence-corrected chi connectivity index (χ0v) is 9.49. The Morgan fingerprint density at radius 2 is 2.07 bits per heavy atom. The van der Waals surface area contributed by atoms with Gasteiger partial charge in [0.25, 0.3) is 0 Å². The highest BCUT2D eigenvalue weighted by Gasteiger charge is 2.25. The number of hydrogen-bond donors (Lipinski definition) is 1. The number of rotatable bonds is 7.